The quantitative estimate of drug-likeness (QED) is 0.678. The lowest BCUT2D eigenvalue weighted by Crippen LogP contribution is -2.07. The van der Waals surface area contributed by atoms with Gasteiger partial charge in [0.1, 0.15) is 5.75 Å². The lowest BCUT2D eigenvalue weighted by Gasteiger charge is -2.10. The Morgan fingerprint density at radius 3 is 2.81 bits per heavy atom. The molecule has 0 atom stereocenters. The van der Waals surface area contributed by atoms with Crippen LogP contribution in [0.1, 0.15) is 11.3 Å². The van der Waals surface area contributed by atoms with Gasteiger partial charge in [-0.3, -0.25) is 10.1 Å². The number of non-ortho nitro benzene ring substituents is 1. The van der Waals surface area contributed by atoms with Crippen LogP contribution in [0.3, 0.4) is 0 Å². The van der Waals surface area contributed by atoms with E-state index in [0.717, 1.165) is 11.3 Å². The molecule has 0 aliphatic carbocycles. The summed E-state index contributed by atoms with van der Waals surface area (Å²) in [6.07, 6.45) is 0. The minimum atomic E-state index is -0.504. The predicted molar refractivity (Wildman–Crippen MR) is 78.9 cm³/mol. The topological polar surface area (TPSA) is 82.2 Å². The normalized spacial score (nSPS) is 10.7. The standard InChI is InChI=1S/C13H15ClN4O3/c1-8-10(7-15-2)13(17(3)16-8)21-12-5-4-9(18(19)20)6-11(12)14/h4-6,15H,7H2,1-3H3. The largest absolute Gasteiger partial charge is 0.437 e. The van der Waals surface area contributed by atoms with Gasteiger partial charge in [0.25, 0.3) is 5.69 Å². The molecule has 2 aromatic rings. The summed E-state index contributed by atoms with van der Waals surface area (Å²) in [5.41, 5.74) is 1.68. The Kier molecular flexibility index (Phi) is 4.44. The molecule has 0 amide bonds. The van der Waals surface area contributed by atoms with Crippen molar-refractivity contribution in [3.8, 4) is 11.6 Å². The van der Waals surface area contributed by atoms with E-state index in [1.54, 1.807) is 11.7 Å². The second-order valence-electron chi connectivity index (χ2n) is 4.50. The number of halogens is 1. The summed E-state index contributed by atoms with van der Waals surface area (Å²) >= 11 is 6.04. The minimum Gasteiger partial charge on any atom is -0.437 e. The second-order valence-corrected chi connectivity index (χ2v) is 4.90. The van der Waals surface area contributed by atoms with Gasteiger partial charge >= 0.3 is 0 Å². The van der Waals surface area contributed by atoms with Gasteiger partial charge in [0.2, 0.25) is 5.88 Å². The Morgan fingerprint density at radius 2 is 2.24 bits per heavy atom. The average Bonchev–Trinajstić information content (AvgIpc) is 2.68. The molecule has 1 N–H and O–H groups in total. The Bertz CT molecular complexity index is 684. The first-order valence-electron chi connectivity index (χ1n) is 6.23. The van der Waals surface area contributed by atoms with Crippen molar-refractivity contribution < 1.29 is 9.66 Å². The van der Waals surface area contributed by atoms with E-state index in [4.69, 9.17) is 16.3 Å². The molecule has 8 heteroatoms. The number of ether oxygens (including phenoxy) is 1. The Hall–Kier alpha value is -2.12. The monoisotopic (exact) mass is 310 g/mol. The number of hydrogen-bond donors (Lipinski definition) is 1. The first-order valence-corrected chi connectivity index (χ1v) is 6.60. The SMILES string of the molecule is CNCc1c(C)nn(C)c1Oc1ccc([N+](=O)[O-])cc1Cl. The molecule has 0 spiro atoms. The van der Waals surface area contributed by atoms with Crippen molar-refractivity contribution in [3.63, 3.8) is 0 Å². The molecule has 0 aliphatic heterocycles. The van der Waals surface area contributed by atoms with Gasteiger partial charge in [-0.25, -0.2) is 4.68 Å². The van der Waals surface area contributed by atoms with Gasteiger partial charge < -0.3 is 10.1 Å². The number of nitro benzene ring substituents is 1. The molecule has 0 bridgehead atoms. The van der Waals surface area contributed by atoms with Gasteiger partial charge in [0, 0.05) is 25.7 Å². The van der Waals surface area contributed by atoms with Crippen LogP contribution in [0.4, 0.5) is 5.69 Å². The van der Waals surface area contributed by atoms with Crippen molar-refractivity contribution in [2.45, 2.75) is 13.5 Å². The summed E-state index contributed by atoms with van der Waals surface area (Å²) < 4.78 is 7.40. The van der Waals surface area contributed by atoms with Crippen LogP contribution in [0.25, 0.3) is 0 Å². The number of nitrogens with one attached hydrogen (secondary N) is 1. The highest BCUT2D eigenvalue weighted by atomic mass is 35.5. The lowest BCUT2D eigenvalue weighted by atomic mass is 10.2. The third-order valence-corrected chi connectivity index (χ3v) is 3.27. The molecule has 0 fully saturated rings. The molecule has 0 aliphatic rings. The van der Waals surface area contributed by atoms with E-state index in [-0.39, 0.29) is 10.7 Å². The summed E-state index contributed by atoms with van der Waals surface area (Å²) in [6, 6.07) is 4.09. The van der Waals surface area contributed by atoms with Crippen LogP contribution in [0, 0.1) is 17.0 Å². The van der Waals surface area contributed by atoms with Crippen molar-refractivity contribution in [3.05, 3.63) is 44.6 Å². The van der Waals surface area contributed by atoms with Gasteiger partial charge in [0.15, 0.2) is 0 Å². The highest BCUT2D eigenvalue weighted by Crippen LogP contribution is 2.34. The molecular formula is C13H15ClN4O3. The molecule has 112 valence electrons. The number of rotatable bonds is 5. The van der Waals surface area contributed by atoms with Gasteiger partial charge in [-0.05, 0) is 20.0 Å². The van der Waals surface area contributed by atoms with E-state index in [2.05, 4.69) is 10.4 Å². The van der Waals surface area contributed by atoms with E-state index in [1.807, 2.05) is 14.0 Å². The molecule has 0 saturated carbocycles. The number of aryl methyl sites for hydroxylation is 2. The van der Waals surface area contributed by atoms with Crippen LogP contribution in [0.15, 0.2) is 18.2 Å². The van der Waals surface area contributed by atoms with Crippen LogP contribution >= 0.6 is 11.6 Å². The van der Waals surface area contributed by atoms with Crippen molar-refractivity contribution in [2.24, 2.45) is 7.05 Å². The first kappa shape index (κ1) is 15.3. The summed E-state index contributed by atoms with van der Waals surface area (Å²) in [5.74, 6) is 0.903. The maximum Gasteiger partial charge on any atom is 0.271 e. The molecule has 1 aromatic heterocycles. The van der Waals surface area contributed by atoms with E-state index in [1.165, 1.54) is 18.2 Å². The Morgan fingerprint density at radius 1 is 1.52 bits per heavy atom. The molecule has 0 unspecified atom stereocenters. The van der Waals surface area contributed by atoms with Crippen LogP contribution < -0.4 is 10.1 Å². The molecule has 1 aromatic carbocycles. The van der Waals surface area contributed by atoms with Gasteiger partial charge in [-0.15, -0.1) is 0 Å². The molecule has 7 nitrogen and oxygen atoms in total. The molecular weight excluding hydrogens is 296 g/mol. The van der Waals surface area contributed by atoms with E-state index in [0.29, 0.717) is 18.2 Å². The Balaban J connectivity index is 2.36. The summed E-state index contributed by atoms with van der Waals surface area (Å²) in [5, 5.41) is 18.2. The smallest absolute Gasteiger partial charge is 0.271 e. The van der Waals surface area contributed by atoms with E-state index in [9.17, 15) is 10.1 Å². The van der Waals surface area contributed by atoms with Crippen LogP contribution in [-0.4, -0.2) is 21.8 Å². The molecule has 0 saturated heterocycles. The minimum absolute atomic E-state index is 0.0796. The van der Waals surface area contributed by atoms with Crippen molar-refractivity contribution in [1.82, 2.24) is 15.1 Å². The second kappa shape index (κ2) is 6.11. The van der Waals surface area contributed by atoms with Crippen molar-refractivity contribution >= 4 is 17.3 Å². The third kappa shape index (κ3) is 3.14. The van der Waals surface area contributed by atoms with Crippen molar-refractivity contribution in [2.75, 3.05) is 7.05 Å². The number of hydrogen-bond acceptors (Lipinski definition) is 5. The summed E-state index contributed by atoms with van der Waals surface area (Å²) in [7, 11) is 3.59. The number of aromatic nitrogens is 2. The number of benzene rings is 1. The molecule has 21 heavy (non-hydrogen) atoms. The molecule has 1 heterocycles. The van der Waals surface area contributed by atoms with Crippen LogP contribution in [0.5, 0.6) is 11.6 Å². The first-order chi connectivity index (χ1) is 9.93. The van der Waals surface area contributed by atoms with Gasteiger partial charge in [0.05, 0.1) is 21.2 Å². The molecule has 2 rings (SSSR count). The van der Waals surface area contributed by atoms with Crippen LogP contribution in [0.2, 0.25) is 5.02 Å². The van der Waals surface area contributed by atoms with E-state index >= 15 is 0 Å². The maximum absolute atomic E-state index is 10.7. The summed E-state index contributed by atoms with van der Waals surface area (Å²) in [6.45, 7) is 2.48. The fraction of sp³-hybridized carbons (Fsp3) is 0.308. The zero-order valence-corrected chi connectivity index (χ0v) is 12.6. The highest BCUT2D eigenvalue weighted by Gasteiger charge is 2.17. The maximum atomic E-state index is 10.7. The van der Waals surface area contributed by atoms with Crippen molar-refractivity contribution in [1.29, 1.82) is 0 Å². The zero-order valence-electron chi connectivity index (χ0n) is 11.9. The Labute approximate surface area is 126 Å². The number of nitrogens with zero attached hydrogens (tertiary/aromatic N) is 3. The van der Waals surface area contributed by atoms with Crippen LogP contribution in [-0.2, 0) is 13.6 Å². The van der Waals surface area contributed by atoms with E-state index < -0.39 is 4.92 Å². The van der Waals surface area contributed by atoms with Gasteiger partial charge in [-0.2, -0.15) is 5.10 Å². The lowest BCUT2D eigenvalue weighted by molar-refractivity contribution is -0.384. The number of nitro groups is 1. The predicted octanol–water partition coefficient (Wildman–Crippen LogP) is 2.80. The fourth-order valence-corrected chi connectivity index (χ4v) is 2.19. The fourth-order valence-electron chi connectivity index (χ4n) is 1.98. The summed E-state index contributed by atoms with van der Waals surface area (Å²) in [4.78, 5) is 10.2. The third-order valence-electron chi connectivity index (χ3n) is 2.98. The highest BCUT2D eigenvalue weighted by molar-refractivity contribution is 6.32. The average molecular weight is 311 g/mol. The molecule has 0 radical (unpaired) electrons. The zero-order chi connectivity index (χ0) is 15.6. The van der Waals surface area contributed by atoms with Gasteiger partial charge in [-0.1, -0.05) is 11.6 Å².